The fourth-order valence-corrected chi connectivity index (χ4v) is 5.10. The number of nitrogens with zero attached hydrogens (tertiary/aromatic N) is 2. The van der Waals surface area contributed by atoms with Crippen LogP contribution in [0.4, 0.5) is 8.78 Å². The zero-order valence-corrected chi connectivity index (χ0v) is 26.1. The first-order valence-corrected chi connectivity index (χ1v) is 13.6. The molecule has 0 radical (unpaired) electrons. The predicted molar refractivity (Wildman–Crippen MR) is 157 cm³/mol. The second-order valence-electron chi connectivity index (χ2n) is 10.4. The van der Waals surface area contributed by atoms with Gasteiger partial charge in [-0.3, -0.25) is 0 Å². The van der Waals surface area contributed by atoms with Crippen molar-refractivity contribution in [1.82, 2.24) is 9.97 Å². The van der Waals surface area contributed by atoms with Crippen LogP contribution in [0.2, 0.25) is 0 Å². The van der Waals surface area contributed by atoms with Crippen LogP contribution in [0.3, 0.4) is 0 Å². The molecule has 0 unspecified atom stereocenters. The molecular weight excluding hydrogens is 573 g/mol. The first-order valence-electron chi connectivity index (χ1n) is 13.6. The fourth-order valence-electron chi connectivity index (χ4n) is 5.10. The van der Waals surface area contributed by atoms with Crippen molar-refractivity contribution in [2.75, 3.05) is 0 Å². The fraction of sp³-hybridized carbons (Fsp3) is 0.114. The predicted octanol–water partition coefficient (Wildman–Crippen LogP) is 4.49. The quantitative estimate of drug-likeness (QED) is 0.228. The number of rotatable bonds is 9. The summed E-state index contributed by atoms with van der Waals surface area (Å²) >= 11 is 0. The van der Waals surface area contributed by atoms with Gasteiger partial charge in [-0.15, -0.1) is 0 Å². The van der Waals surface area contributed by atoms with Gasteiger partial charge in [-0.05, 0) is 96.8 Å². The van der Waals surface area contributed by atoms with Crippen molar-refractivity contribution >= 4 is 27.8 Å². The molecule has 0 aliphatic rings. The molecular formula is C35H25F2N2NaO4. The maximum absolute atomic E-state index is 13.5. The minimum atomic E-state index is -1.13. The van der Waals surface area contributed by atoms with Crippen molar-refractivity contribution in [3.8, 4) is 23.3 Å². The van der Waals surface area contributed by atoms with E-state index in [0.717, 1.165) is 11.1 Å². The van der Waals surface area contributed by atoms with E-state index in [0.29, 0.717) is 51.5 Å². The van der Waals surface area contributed by atoms with Crippen molar-refractivity contribution in [3.63, 3.8) is 0 Å². The Morgan fingerprint density at radius 2 is 1.11 bits per heavy atom. The summed E-state index contributed by atoms with van der Waals surface area (Å²) < 4.78 is 38.9. The molecule has 0 aliphatic heterocycles. The van der Waals surface area contributed by atoms with Crippen LogP contribution in [0.5, 0.6) is 23.3 Å². The first kappa shape index (κ1) is 31.1. The summed E-state index contributed by atoms with van der Waals surface area (Å²) in [6, 6.07) is 30.4. The van der Waals surface area contributed by atoms with Gasteiger partial charge in [-0.2, -0.15) is 0 Å². The van der Waals surface area contributed by atoms with Crippen LogP contribution in [-0.2, 0) is 10.2 Å². The SMILES string of the molecule is CC(CCC(=O)[O-])(c1ccc(Oc2ccc3cc(F)ccc3n2)cc1)c1ccc(Oc2ccc3cc(F)ccc3n2)cc1.[Na+]. The summed E-state index contributed by atoms with van der Waals surface area (Å²) in [5, 5.41) is 12.8. The summed E-state index contributed by atoms with van der Waals surface area (Å²) in [5.74, 6) is 0.0520. The molecule has 2 aromatic heterocycles. The molecule has 214 valence electrons. The number of aromatic nitrogens is 2. The molecule has 6 nitrogen and oxygen atoms in total. The maximum atomic E-state index is 13.5. The molecule has 0 spiro atoms. The van der Waals surface area contributed by atoms with Gasteiger partial charge in [0, 0.05) is 34.3 Å². The summed E-state index contributed by atoms with van der Waals surface area (Å²) in [6.45, 7) is 1.98. The van der Waals surface area contributed by atoms with Crippen LogP contribution in [0.1, 0.15) is 30.9 Å². The number of hydrogen-bond donors (Lipinski definition) is 0. The van der Waals surface area contributed by atoms with Gasteiger partial charge in [0.2, 0.25) is 11.8 Å². The average molecular weight is 599 g/mol. The van der Waals surface area contributed by atoms with Gasteiger partial charge >= 0.3 is 29.6 Å². The molecule has 0 amide bonds. The summed E-state index contributed by atoms with van der Waals surface area (Å²) in [5.41, 5.74) is 2.35. The van der Waals surface area contributed by atoms with Crippen LogP contribution >= 0.6 is 0 Å². The number of carbonyl (C=O) groups is 1. The van der Waals surface area contributed by atoms with E-state index in [4.69, 9.17) is 9.47 Å². The summed E-state index contributed by atoms with van der Waals surface area (Å²) in [4.78, 5) is 20.3. The minimum absolute atomic E-state index is 0. The Morgan fingerprint density at radius 3 is 1.52 bits per heavy atom. The standard InChI is InChI=1S/C35H26F2N2O4.Na/c1-35(19-18-34(40)41,24-4-10-28(11-5-24)42-32-16-2-22-20-26(36)8-14-30(22)38-32)25-6-12-29(13-7-25)43-33-17-3-23-21-27(37)9-15-31(23)39-33;/h2-17,20-21H,18-19H2,1H3,(H,40,41);/q;+1/p-1. The van der Waals surface area contributed by atoms with E-state index in [1.54, 1.807) is 60.7 Å². The van der Waals surface area contributed by atoms with Gasteiger partial charge in [0.1, 0.15) is 23.1 Å². The van der Waals surface area contributed by atoms with Crippen LogP contribution in [0.15, 0.2) is 109 Å². The van der Waals surface area contributed by atoms with Crippen molar-refractivity contribution in [2.24, 2.45) is 0 Å². The Labute approximate surface area is 274 Å². The maximum Gasteiger partial charge on any atom is 1.00 e. The van der Waals surface area contributed by atoms with E-state index in [2.05, 4.69) is 9.97 Å². The van der Waals surface area contributed by atoms with E-state index in [-0.39, 0.29) is 47.6 Å². The molecule has 0 bridgehead atoms. The number of carboxylic acid groups (broad SMARTS) is 1. The van der Waals surface area contributed by atoms with Gasteiger partial charge in [-0.25, -0.2) is 18.7 Å². The molecule has 4 aromatic carbocycles. The first-order chi connectivity index (χ1) is 20.7. The number of carboxylic acids is 1. The number of ether oxygens (including phenoxy) is 2. The molecule has 9 heteroatoms. The Morgan fingerprint density at radius 1 is 0.682 bits per heavy atom. The topological polar surface area (TPSA) is 84.4 Å². The van der Waals surface area contributed by atoms with E-state index in [1.807, 2.05) is 31.2 Å². The zero-order chi connectivity index (χ0) is 30.0. The molecule has 6 aromatic rings. The number of benzene rings is 4. The minimum Gasteiger partial charge on any atom is -0.550 e. The van der Waals surface area contributed by atoms with Crippen LogP contribution in [0.25, 0.3) is 21.8 Å². The Bertz CT molecular complexity index is 1820. The molecule has 0 saturated carbocycles. The van der Waals surface area contributed by atoms with Crippen molar-refractivity contribution in [1.29, 1.82) is 0 Å². The second kappa shape index (κ2) is 13.1. The van der Waals surface area contributed by atoms with Gasteiger partial charge in [0.05, 0.1) is 11.0 Å². The van der Waals surface area contributed by atoms with Gasteiger partial charge in [0.15, 0.2) is 0 Å². The Balaban J connectivity index is 0.00000384. The van der Waals surface area contributed by atoms with Crippen molar-refractivity contribution in [2.45, 2.75) is 25.2 Å². The Hall–Kier alpha value is -4.37. The molecule has 44 heavy (non-hydrogen) atoms. The molecule has 0 aliphatic carbocycles. The number of carbonyl (C=O) groups excluding carboxylic acids is 1. The molecule has 6 rings (SSSR count). The van der Waals surface area contributed by atoms with Crippen LogP contribution in [0, 0.1) is 11.6 Å². The average Bonchev–Trinajstić information content (AvgIpc) is 3.01. The van der Waals surface area contributed by atoms with Gasteiger partial charge in [-0.1, -0.05) is 31.2 Å². The van der Waals surface area contributed by atoms with E-state index < -0.39 is 11.4 Å². The van der Waals surface area contributed by atoms with Gasteiger partial charge in [0.25, 0.3) is 0 Å². The normalized spacial score (nSPS) is 11.2. The number of halogens is 2. The third kappa shape index (κ3) is 6.89. The van der Waals surface area contributed by atoms with E-state index in [9.17, 15) is 18.7 Å². The van der Waals surface area contributed by atoms with Gasteiger partial charge < -0.3 is 19.4 Å². The van der Waals surface area contributed by atoms with E-state index in [1.165, 1.54) is 24.3 Å². The smallest absolute Gasteiger partial charge is 0.550 e. The summed E-state index contributed by atoms with van der Waals surface area (Å²) in [6.07, 6.45) is 0.178. The third-order valence-electron chi connectivity index (χ3n) is 7.51. The third-order valence-corrected chi connectivity index (χ3v) is 7.51. The Kier molecular flexibility index (Phi) is 9.25. The van der Waals surface area contributed by atoms with Crippen LogP contribution in [-0.4, -0.2) is 15.9 Å². The van der Waals surface area contributed by atoms with E-state index >= 15 is 0 Å². The molecule has 0 saturated heterocycles. The van der Waals surface area contributed by atoms with Crippen molar-refractivity contribution < 1.29 is 57.7 Å². The van der Waals surface area contributed by atoms with Crippen molar-refractivity contribution in [3.05, 3.63) is 132 Å². The molecule has 0 atom stereocenters. The molecule has 0 N–H and O–H groups in total. The molecule has 0 fully saturated rings. The number of pyridine rings is 2. The summed E-state index contributed by atoms with van der Waals surface area (Å²) in [7, 11) is 0. The van der Waals surface area contributed by atoms with Crippen LogP contribution < -0.4 is 44.1 Å². The second-order valence-corrected chi connectivity index (χ2v) is 10.4. The largest absolute Gasteiger partial charge is 1.00 e. The number of aliphatic carboxylic acids is 1. The number of fused-ring (bicyclic) bond motifs is 2. The monoisotopic (exact) mass is 598 g/mol. The zero-order valence-electron chi connectivity index (χ0n) is 24.1. The molecule has 2 heterocycles. The number of hydrogen-bond acceptors (Lipinski definition) is 6.